The van der Waals surface area contributed by atoms with Gasteiger partial charge in [-0.2, -0.15) is 0 Å². The minimum Gasteiger partial charge on any atom is -0.346 e. The quantitative estimate of drug-likeness (QED) is 0.596. The molecule has 0 spiro atoms. The lowest BCUT2D eigenvalue weighted by atomic mass is 9.85. The molecule has 1 amide bonds. The van der Waals surface area contributed by atoms with Gasteiger partial charge in [-0.3, -0.25) is 15.6 Å². The molecule has 1 aliphatic carbocycles. The Morgan fingerprint density at radius 3 is 2.68 bits per heavy atom. The van der Waals surface area contributed by atoms with Gasteiger partial charge in [-0.1, -0.05) is 31.4 Å². The molecular weight excluding hydrogens is 355 g/mol. The summed E-state index contributed by atoms with van der Waals surface area (Å²) in [7, 11) is 1.93. The summed E-state index contributed by atoms with van der Waals surface area (Å²) in [6.07, 6.45) is 9.42. The van der Waals surface area contributed by atoms with E-state index in [-0.39, 0.29) is 29.7 Å². The lowest BCUT2D eigenvalue weighted by molar-refractivity contribution is -0.135. The molecule has 156 valence electrons. The summed E-state index contributed by atoms with van der Waals surface area (Å²) in [5.74, 6) is 0.214. The van der Waals surface area contributed by atoms with Crippen LogP contribution < -0.4 is 16.6 Å². The molecule has 1 heterocycles. The molecule has 1 aliphatic heterocycles. The number of halogens is 1. The predicted octanol–water partition coefficient (Wildman–Crippen LogP) is 3.27. The average molecular weight is 391 g/mol. The fourth-order valence-electron chi connectivity index (χ4n) is 4.52. The Kier molecular flexibility index (Phi) is 7.82. The number of nitrogens with one attached hydrogen (secondary N) is 2. The van der Waals surface area contributed by atoms with Crippen molar-refractivity contribution in [3.05, 3.63) is 35.6 Å². The molecule has 4 atom stereocenters. The number of carbonyl (C=O) groups is 1. The molecule has 1 saturated heterocycles. The first-order valence-electron chi connectivity index (χ1n) is 10.8. The van der Waals surface area contributed by atoms with Crippen molar-refractivity contribution >= 4 is 5.91 Å². The highest BCUT2D eigenvalue weighted by atomic mass is 19.1. The number of benzene rings is 1. The van der Waals surface area contributed by atoms with Gasteiger partial charge in [0.05, 0.1) is 0 Å². The lowest BCUT2D eigenvalue weighted by Crippen LogP contribution is -2.39. The normalized spacial score (nSPS) is 27.7. The van der Waals surface area contributed by atoms with Gasteiger partial charge >= 0.3 is 0 Å². The lowest BCUT2D eigenvalue weighted by Gasteiger charge is -2.29. The number of hydrogen-bond acceptors (Lipinski definition) is 4. The molecule has 3 rings (SSSR count). The number of nitrogens with two attached hydrogens (primary N) is 1. The zero-order chi connectivity index (χ0) is 19.9. The highest BCUT2D eigenvalue weighted by Gasteiger charge is 2.27. The van der Waals surface area contributed by atoms with E-state index in [4.69, 9.17) is 5.73 Å². The molecule has 2 fully saturated rings. The average Bonchev–Trinajstić information content (AvgIpc) is 3.16. The van der Waals surface area contributed by atoms with E-state index in [2.05, 4.69) is 10.9 Å². The molecule has 1 aromatic carbocycles. The SMILES string of the molecule is CN(CCCCCC1CC(c2ccc(F)cc2)NN1)C(=O)C1CCCC(N)C1. The second kappa shape index (κ2) is 10.3. The summed E-state index contributed by atoms with van der Waals surface area (Å²) in [6, 6.07) is 7.62. The van der Waals surface area contributed by atoms with Gasteiger partial charge in [-0.25, -0.2) is 4.39 Å². The summed E-state index contributed by atoms with van der Waals surface area (Å²) in [5.41, 5.74) is 13.8. The highest BCUT2D eigenvalue weighted by Crippen LogP contribution is 2.26. The van der Waals surface area contributed by atoms with E-state index in [1.165, 1.54) is 12.1 Å². The molecule has 28 heavy (non-hydrogen) atoms. The maximum absolute atomic E-state index is 13.1. The van der Waals surface area contributed by atoms with Crippen molar-refractivity contribution < 1.29 is 9.18 Å². The van der Waals surface area contributed by atoms with Crippen LogP contribution in [-0.2, 0) is 4.79 Å². The Labute approximate surface area is 168 Å². The van der Waals surface area contributed by atoms with Crippen LogP contribution in [0.15, 0.2) is 24.3 Å². The molecule has 0 aromatic heterocycles. The number of hydrogen-bond donors (Lipinski definition) is 3. The third kappa shape index (κ3) is 6.00. The summed E-state index contributed by atoms with van der Waals surface area (Å²) in [4.78, 5) is 14.4. The molecule has 6 heteroatoms. The Hall–Kier alpha value is -1.50. The van der Waals surface area contributed by atoms with Crippen molar-refractivity contribution in [3.8, 4) is 0 Å². The van der Waals surface area contributed by atoms with E-state index < -0.39 is 0 Å². The van der Waals surface area contributed by atoms with Crippen molar-refractivity contribution in [2.24, 2.45) is 11.7 Å². The zero-order valence-corrected chi connectivity index (χ0v) is 17.0. The van der Waals surface area contributed by atoms with Crippen molar-refractivity contribution in [3.63, 3.8) is 0 Å². The maximum atomic E-state index is 13.1. The smallest absolute Gasteiger partial charge is 0.225 e. The largest absolute Gasteiger partial charge is 0.346 e. The van der Waals surface area contributed by atoms with Gasteiger partial charge in [0.1, 0.15) is 5.82 Å². The third-order valence-corrected chi connectivity index (χ3v) is 6.24. The maximum Gasteiger partial charge on any atom is 0.225 e. The van der Waals surface area contributed by atoms with Gasteiger partial charge < -0.3 is 10.6 Å². The highest BCUT2D eigenvalue weighted by molar-refractivity contribution is 5.78. The fourth-order valence-corrected chi connectivity index (χ4v) is 4.52. The van der Waals surface area contributed by atoms with Gasteiger partial charge in [0, 0.05) is 37.6 Å². The second-order valence-electron chi connectivity index (χ2n) is 8.56. The molecule has 5 nitrogen and oxygen atoms in total. The second-order valence-corrected chi connectivity index (χ2v) is 8.56. The first-order valence-corrected chi connectivity index (χ1v) is 10.8. The Balaban J connectivity index is 1.28. The fraction of sp³-hybridized carbons (Fsp3) is 0.682. The van der Waals surface area contributed by atoms with Crippen LogP contribution in [0.4, 0.5) is 4.39 Å². The van der Waals surface area contributed by atoms with E-state index in [1.54, 1.807) is 0 Å². The van der Waals surface area contributed by atoms with Crippen LogP contribution in [0.2, 0.25) is 0 Å². The predicted molar refractivity (Wildman–Crippen MR) is 110 cm³/mol. The molecule has 2 aliphatic rings. The van der Waals surface area contributed by atoms with Crippen molar-refractivity contribution in [1.82, 2.24) is 15.8 Å². The van der Waals surface area contributed by atoms with Crippen LogP contribution in [0, 0.1) is 11.7 Å². The van der Waals surface area contributed by atoms with Crippen molar-refractivity contribution in [1.29, 1.82) is 0 Å². The molecule has 4 unspecified atom stereocenters. The summed E-state index contributed by atoms with van der Waals surface area (Å²) in [6.45, 7) is 0.832. The van der Waals surface area contributed by atoms with Crippen molar-refractivity contribution in [2.75, 3.05) is 13.6 Å². The minimum atomic E-state index is -0.193. The minimum absolute atomic E-state index is 0.130. The number of carbonyl (C=O) groups excluding carboxylic acids is 1. The Morgan fingerprint density at radius 2 is 1.93 bits per heavy atom. The summed E-state index contributed by atoms with van der Waals surface area (Å²) < 4.78 is 13.1. The van der Waals surface area contributed by atoms with E-state index in [9.17, 15) is 9.18 Å². The molecular formula is C22H35FN4O. The van der Waals surface area contributed by atoms with E-state index in [1.807, 2.05) is 24.1 Å². The molecule has 1 aromatic rings. The Morgan fingerprint density at radius 1 is 1.14 bits per heavy atom. The van der Waals surface area contributed by atoms with Gasteiger partial charge in [-0.05, 0) is 56.2 Å². The van der Waals surface area contributed by atoms with Crippen LogP contribution in [0.25, 0.3) is 0 Å². The van der Waals surface area contributed by atoms with E-state index >= 15 is 0 Å². The van der Waals surface area contributed by atoms with Gasteiger partial charge in [0.2, 0.25) is 5.91 Å². The number of amides is 1. The molecule has 0 radical (unpaired) electrons. The van der Waals surface area contributed by atoms with Crippen LogP contribution >= 0.6 is 0 Å². The van der Waals surface area contributed by atoms with Crippen LogP contribution in [0.3, 0.4) is 0 Å². The summed E-state index contributed by atoms with van der Waals surface area (Å²) in [5, 5.41) is 0. The van der Waals surface area contributed by atoms with Crippen molar-refractivity contribution in [2.45, 2.75) is 75.9 Å². The third-order valence-electron chi connectivity index (χ3n) is 6.24. The molecule has 4 N–H and O–H groups in total. The van der Waals surface area contributed by atoms with Crippen LogP contribution in [-0.4, -0.2) is 36.5 Å². The topological polar surface area (TPSA) is 70.4 Å². The standard InChI is InChI=1S/C22H35FN4O/c1-27(22(28)17-6-5-7-19(24)14-17)13-4-2-3-8-20-15-21(26-25-20)16-9-11-18(23)12-10-16/h9-12,17,19-21,25-26H,2-8,13-15,24H2,1H3. The van der Waals surface area contributed by atoms with Gasteiger partial charge in [0.25, 0.3) is 0 Å². The van der Waals surface area contributed by atoms with Gasteiger partial charge in [0.15, 0.2) is 0 Å². The van der Waals surface area contributed by atoms with Gasteiger partial charge in [-0.15, -0.1) is 0 Å². The number of hydrazine groups is 1. The molecule has 0 bridgehead atoms. The van der Waals surface area contributed by atoms with Crippen LogP contribution in [0.1, 0.15) is 69.4 Å². The van der Waals surface area contributed by atoms with E-state index in [0.29, 0.717) is 6.04 Å². The first kappa shape index (κ1) is 21.2. The number of nitrogens with zero attached hydrogens (tertiary/aromatic N) is 1. The molecule has 1 saturated carbocycles. The Bertz CT molecular complexity index is 623. The van der Waals surface area contributed by atoms with Crippen LogP contribution in [0.5, 0.6) is 0 Å². The monoisotopic (exact) mass is 390 g/mol. The first-order chi connectivity index (χ1) is 13.5. The number of rotatable bonds is 8. The summed E-state index contributed by atoms with van der Waals surface area (Å²) >= 11 is 0. The van der Waals surface area contributed by atoms with E-state index in [0.717, 1.165) is 69.9 Å². The zero-order valence-electron chi connectivity index (χ0n) is 17.0. The number of unbranched alkanes of at least 4 members (excludes halogenated alkanes) is 2.